The van der Waals surface area contributed by atoms with E-state index in [2.05, 4.69) is 5.10 Å². The molecule has 0 N–H and O–H groups in total. The van der Waals surface area contributed by atoms with Crippen LogP contribution in [0.2, 0.25) is 0 Å². The van der Waals surface area contributed by atoms with Crippen LogP contribution in [0.15, 0.2) is 36.5 Å². The molecule has 1 aromatic heterocycles. The third-order valence-electron chi connectivity index (χ3n) is 2.78. The summed E-state index contributed by atoms with van der Waals surface area (Å²) in [6, 6.07) is 7.61. The van der Waals surface area contributed by atoms with Gasteiger partial charge in [-0.1, -0.05) is 12.1 Å². The Bertz CT molecular complexity index is 635. The highest BCUT2D eigenvalue weighted by Crippen LogP contribution is 2.27. The molecule has 21 heavy (non-hydrogen) atoms. The van der Waals surface area contributed by atoms with Gasteiger partial charge in [-0.15, -0.1) is 0 Å². The number of rotatable bonds is 5. The lowest BCUT2D eigenvalue weighted by Gasteiger charge is -2.09. The number of hydrogen-bond donors (Lipinski definition) is 0. The van der Waals surface area contributed by atoms with Crippen LogP contribution in [-0.2, 0) is 12.7 Å². The van der Waals surface area contributed by atoms with E-state index >= 15 is 0 Å². The summed E-state index contributed by atoms with van der Waals surface area (Å²) in [7, 11) is 0. The van der Waals surface area contributed by atoms with Gasteiger partial charge >= 0.3 is 6.18 Å². The number of nitrogens with zero attached hydrogens (tertiary/aromatic N) is 2. The Morgan fingerprint density at radius 3 is 2.62 bits per heavy atom. The SMILES string of the molecule is CC(=O)c1ccccc1OCCn1ccc(C(F)(F)F)n1. The second kappa shape index (κ2) is 5.99. The Hall–Kier alpha value is -2.31. The molecule has 0 aliphatic rings. The highest BCUT2D eigenvalue weighted by molar-refractivity contribution is 5.96. The van der Waals surface area contributed by atoms with Crippen LogP contribution in [0.1, 0.15) is 23.0 Å². The molecule has 7 heteroatoms. The van der Waals surface area contributed by atoms with Crippen molar-refractivity contribution in [3.63, 3.8) is 0 Å². The van der Waals surface area contributed by atoms with Gasteiger partial charge in [-0.25, -0.2) is 0 Å². The van der Waals surface area contributed by atoms with Gasteiger partial charge in [-0.3, -0.25) is 9.48 Å². The van der Waals surface area contributed by atoms with Crippen LogP contribution in [0.5, 0.6) is 5.75 Å². The fraction of sp³-hybridized carbons (Fsp3) is 0.286. The summed E-state index contributed by atoms with van der Waals surface area (Å²) in [5.41, 5.74) is -0.499. The van der Waals surface area contributed by atoms with Gasteiger partial charge in [0.2, 0.25) is 0 Å². The van der Waals surface area contributed by atoms with Crippen molar-refractivity contribution in [2.75, 3.05) is 6.61 Å². The van der Waals surface area contributed by atoms with E-state index in [0.29, 0.717) is 11.3 Å². The number of ketones is 1. The minimum atomic E-state index is -4.45. The number of para-hydroxylation sites is 1. The Balaban J connectivity index is 1.96. The fourth-order valence-corrected chi connectivity index (χ4v) is 1.77. The van der Waals surface area contributed by atoms with E-state index < -0.39 is 11.9 Å². The predicted octanol–water partition coefficient (Wildman–Crippen LogP) is 3.18. The number of carbonyl (C=O) groups is 1. The smallest absolute Gasteiger partial charge is 0.435 e. The highest BCUT2D eigenvalue weighted by Gasteiger charge is 2.33. The molecule has 112 valence electrons. The van der Waals surface area contributed by atoms with Gasteiger partial charge in [-0.2, -0.15) is 18.3 Å². The van der Waals surface area contributed by atoms with E-state index in [1.54, 1.807) is 24.3 Å². The maximum absolute atomic E-state index is 12.4. The van der Waals surface area contributed by atoms with Crippen LogP contribution >= 0.6 is 0 Å². The zero-order valence-electron chi connectivity index (χ0n) is 11.2. The van der Waals surface area contributed by atoms with E-state index in [4.69, 9.17) is 4.74 Å². The summed E-state index contributed by atoms with van der Waals surface area (Å²) < 4.78 is 43.7. The highest BCUT2D eigenvalue weighted by atomic mass is 19.4. The lowest BCUT2D eigenvalue weighted by atomic mass is 10.1. The van der Waals surface area contributed by atoms with Crippen LogP contribution in [0.25, 0.3) is 0 Å². The van der Waals surface area contributed by atoms with Crippen molar-refractivity contribution >= 4 is 5.78 Å². The average Bonchev–Trinajstić information content (AvgIpc) is 2.88. The number of Topliss-reactive ketones (excluding diaryl/α,β-unsaturated/α-hetero) is 1. The van der Waals surface area contributed by atoms with Crippen molar-refractivity contribution in [3.8, 4) is 5.75 Å². The molecule has 0 saturated heterocycles. The molecule has 0 fully saturated rings. The number of hydrogen-bond acceptors (Lipinski definition) is 3. The largest absolute Gasteiger partial charge is 0.491 e. The molecule has 1 aromatic carbocycles. The van der Waals surface area contributed by atoms with Crippen LogP contribution in [-0.4, -0.2) is 22.2 Å². The van der Waals surface area contributed by atoms with Crippen molar-refractivity contribution in [3.05, 3.63) is 47.8 Å². The van der Waals surface area contributed by atoms with Gasteiger partial charge in [-0.05, 0) is 25.1 Å². The summed E-state index contributed by atoms with van der Waals surface area (Å²) in [5.74, 6) is 0.275. The minimum Gasteiger partial charge on any atom is -0.491 e. The zero-order valence-corrected chi connectivity index (χ0v) is 11.2. The normalized spacial score (nSPS) is 11.4. The van der Waals surface area contributed by atoms with E-state index in [1.165, 1.54) is 13.1 Å². The van der Waals surface area contributed by atoms with Gasteiger partial charge in [0.15, 0.2) is 11.5 Å². The summed E-state index contributed by atoms with van der Waals surface area (Å²) in [4.78, 5) is 11.4. The first kappa shape index (κ1) is 15.1. The Morgan fingerprint density at radius 1 is 1.29 bits per heavy atom. The molecule has 0 spiro atoms. The summed E-state index contributed by atoms with van der Waals surface area (Å²) in [6.45, 7) is 1.69. The summed E-state index contributed by atoms with van der Waals surface area (Å²) in [5, 5.41) is 3.41. The molecule has 0 aliphatic heterocycles. The molecule has 0 atom stereocenters. The van der Waals surface area contributed by atoms with Crippen molar-refractivity contribution in [2.24, 2.45) is 0 Å². The van der Waals surface area contributed by atoms with Crippen LogP contribution in [0.3, 0.4) is 0 Å². The van der Waals surface area contributed by atoms with Crippen molar-refractivity contribution in [1.29, 1.82) is 0 Å². The molecular formula is C14H13F3N2O2. The van der Waals surface area contributed by atoms with E-state index in [-0.39, 0.29) is 18.9 Å². The first-order valence-electron chi connectivity index (χ1n) is 6.21. The number of benzene rings is 1. The molecule has 0 radical (unpaired) electrons. The molecular weight excluding hydrogens is 285 g/mol. The van der Waals surface area contributed by atoms with Crippen molar-refractivity contribution in [2.45, 2.75) is 19.6 Å². The lowest BCUT2D eigenvalue weighted by molar-refractivity contribution is -0.141. The number of ether oxygens (including phenoxy) is 1. The fourth-order valence-electron chi connectivity index (χ4n) is 1.77. The summed E-state index contributed by atoms with van der Waals surface area (Å²) in [6.07, 6.45) is -3.21. The van der Waals surface area contributed by atoms with Crippen LogP contribution in [0, 0.1) is 0 Å². The van der Waals surface area contributed by atoms with Gasteiger partial charge in [0.1, 0.15) is 12.4 Å². The first-order valence-corrected chi connectivity index (χ1v) is 6.21. The molecule has 2 rings (SSSR count). The van der Waals surface area contributed by atoms with E-state index in [0.717, 1.165) is 10.7 Å². The summed E-state index contributed by atoms with van der Waals surface area (Å²) >= 11 is 0. The molecule has 0 bridgehead atoms. The van der Waals surface area contributed by atoms with Crippen LogP contribution < -0.4 is 4.74 Å². The molecule has 4 nitrogen and oxygen atoms in total. The van der Waals surface area contributed by atoms with Crippen LogP contribution in [0.4, 0.5) is 13.2 Å². The topological polar surface area (TPSA) is 44.1 Å². The molecule has 0 unspecified atom stereocenters. The Labute approximate surface area is 119 Å². The van der Waals surface area contributed by atoms with Gasteiger partial charge in [0, 0.05) is 6.20 Å². The third-order valence-corrected chi connectivity index (χ3v) is 2.78. The van der Waals surface area contributed by atoms with Gasteiger partial charge in [0.25, 0.3) is 0 Å². The number of alkyl halides is 3. The van der Waals surface area contributed by atoms with Crippen molar-refractivity contribution in [1.82, 2.24) is 9.78 Å². The second-order valence-electron chi connectivity index (χ2n) is 4.36. The maximum atomic E-state index is 12.4. The maximum Gasteiger partial charge on any atom is 0.435 e. The number of carbonyl (C=O) groups excluding carboxylic acids is 1. The van der Waals surface area contributed by atoms with E-state index in [9.17, 15) is 18.0 Å². The predicted molar refractivity (Wildman–Crippen MR) is 69.2 cm³/mol. The standard InChI is InChI=1S/C14H13F3N2O2/c1-10(20)11-4-2-3-5-12(11)21-9-8-19-7-6-13(18-19)14(15,16)17/h2-7H,8-9H2,1H3. The van der Waals surface area contributed by atoms with Crippen molar-refractivity contribution < 1.29 is 22.7 Å². The van der Waals surface area contributed by atoms with Gasteiger partial charge < -0.3 is 4.74 Å². The second-order valence-corrected chi connectivity index (χ2v) is 4.36. The Morgan fingerprint density at radius 2 is 2.00 bits per heavy atom. The molecule has 0 aliphatic carbocycles. The third kappa shape index (κ3) is 3.84. The minimum absolute atomic E-state index is 0.114. The number of aromatic nitrogens is 2. The zero-order chi connectivity index (χ0) is 15.5. The molecule has 2 aromatic rings. The van der Waals surface area contributed by atoms with E-state index in [1.807, 2.05) is 0 Å². The quantitative estimate of drug-likeness (QED) is 0.796. The average molecular weight is 298 g/mol. The lowest BCUT2D eigenvalue weighted by Crippen LogP contribution is -2.12. The molecule has 1 heterocycles. The number of halogens is 3. The molecule has 0 amide bonds. The Kier molecular flexibility index (Phi) is 4.30. The van der Waals surface area contributed by atoms with Gasteiger partial charge in [0.05, 0.1) is 12.1 Å². The monoisotopic (exact) mass is 298 g/mol. The first-order chi connectivity index (χ1) is 9.88. The molecule has 0 saturated carbocycles.